The number of nitro groups is 1. The zero-order chi connectivity index (χ0) is 13.7. The van der Waals surface area contributed by atoms with Gasteiger partial charge in [-0.3, -0.25) is 10.1 Å². The van der Waals surface area contributed by atoms with Gasteiger partial charge in [-0.15, -0.1) is 0 Å². The minimum atomic E-state index is -1.59. The number of nitrogens with zero attached hydrogens (tertiary/aromatic N) is 1. The molecule has 1 aromatic carbocycles. The number of carboxylic acids is 2. The molecule has 18 heavy (non-hydrogen) atoms. The third-order valence-electron chi connectivity index (χ3n) is 1.72. The number of ether oxygens (including phenoxy) is 1. The van der Waals surface area contributed by atoms with Gasteiger partial charge in [0.1, 0.15) is 5.75 Å². The maximum absolute atomic E-state index is 10.7. The average Bonchev–Trinajstić information content (AvgIpc) is 2.27. The van der Waals surface area contributed by atoms with E-state index in [1.165, 1.54) is 18.2 Å². The smallest absolute Gasteiger partial charge is 0.372 e. The van der Waals surface area contributed by atoms with Crippen LogP contribution in [-0.4, -0.2) is 27.1 Å². The molecular formula is C10H7NO7. The van der Waals surface area contributed by atoms with Crippen LogP contribution in [0.4, 0.5) is 5.69 Å². The highest BCUT2D eigenvalue weighted by molar-refractivity contribution is 5.93. The van der Waals surface area contributed by atoms with Crippen molar-refractivity contribution in [2.75, 3.05) is 0 Å². The number of hydrogen-bond acceptors (Lipinski definition) is 5. The molecule has 0 heterocycles. The van der Waals surface area contributed by atoms with Crippen molar-refractivity contribution in [3.8, 4) is 5.75 Å². The summed E-state index contributed by atoms with van der Waals surface area (Å²) in [7, 11) is 0. The summed E-state index contributed by atoms with van der Waals surface area (Å²) < 4.78 is 4.75. The third-order valence-corrected chi connectivity index (χ3v) is 1.72. The van der Waals surface area contributed by atoms with Crippen molar-refractivity contribution in [2.24, 2.45) is 0 Å². The fourth-order valence-corrected chi connectivity index (χ4v) is 1.03. The molecule has 0 atom stereocenters. The van der Waals surface area contributed by atoms with Crippen molar-refractivity contribution < 1.29 is 29.5 Å². The molecule has 94 valence electrons. The van der Waals surface area contributed by atoms with Gasteiger partial charge in [-0.2, -0.15) is 0 Å². The van der Waals surface area contributed by atoms with Crippen LogP contribution in [0.3, 0.4) is 0 Å². The van der Waals surface area contributed by atoms with E-state index in [1.807, 2.05) is 0 Å². The van der Waals surface area contributed by atoms with E-state index in [0.29, 0.717) is 6.08 Å². The Balaban J connectivity index is 3.01. The van der Waals surface area contributed by atoms with Crippen molar-refractivity contribution in [3.63, 3.8) is 0 Å². The second-order valence-electron chi connectivity index (χ2n) is 3.01. The lowest BCUT2D eigenvalue weighted by atomic mass is 10.3. The Morgan fingerprint density at radius 2 is 2.00 bits per heavy atom. The molecule has 0 fully saturated rings. The highest BCUT2D eigenvalue weighted by atomic mass is 16.6. The molecule has 1 rings (SSSR count). The third kappa shape index (κ3) is 3.59. The molecule has 0 aliphatic carbocycles. The van der Waals surface area contributed by atoms with E-state index in [-0.39, 0.29) is 11.4 Å². The lowest BCUT2D eigenvalue weighted by Crippen LogP contribution is -2.10. The Labute approximate surface area is 99.9 Å². The lowest BCUT2D eigenvalue weighted by Gasteiger charge is -2.04. The molecule has 0 amide bonds. The van der Waals surface area contributed by atoms with Crippen LogP contribution in [0.2, 0.25) is 0 Å². The zero-order valence-corrected chi connectivity index (χ0v) is 8.77. The largest absolute Gasteiger partial charge is 0.478 e. The summed E-state index contributed by atoms with van der Waals surface area (Å²) >= 11 is 0. The summed E-state index contributed by atoms with van der Waals surface area (Å²) in [6.07, 6.45) is 0.348. The van der Waals surface area contributed by atoms with Crippen LogP contribution >= 0.6 is 0 Å². The van der Waals surface area contributed by atoms with Crippen LogP contribution in [0.1, 0.15) is 0 Å². The highest BCUT2D eigenvalue weighted by Crippen LogP contribution is 2.21. The van der Waals surface area contributed by atoms with E-state index in [9.17, 15) is 19.7 Å². The van der Waals surface area contributed by atoms with Crippen LogP contribution in [0, 0.1) is 10.1 Å². The van der Waals surface area contributed by atoms with E-state index in [0.717, 1.165) is 6.07 Å². The fourth-order valence-electron chi connectivity index (χ4n) is 1.03. The van der Waals surface area contributed by atoms with E-state index in [4.69, 9.17) is 14.9 Å². The van der Waals surface area contributed by atoms with E-state index in [2.05, 4.69) is 0 Å². The van der Waals surface area contributed by atoms with Gasteiger partial charge in [0, 0.05) is 6.07 Å². The molecule has 0 unspecified atom stereocenters. The molecule has 2 N–H and O–H groups in total. The molecule has 0 saturated carbocycles. The van der Waals surface area contributed by atoms with Gasteiger partial charge in [0.25, 0.3) is 5.69 Å². The Kier molecular flexibility index (Phi) is 3.98. The maximum Gasteiger partial charge on any atom is 0.372 e. The van der Waals surface area contributed by atoms with Gasteiger partial charge < -0.3 is 14.9 Å². The van der Waals surface area contributed by atoms with Gasteiger partial charge in [0.15, 0.2) is 0 Å². The summed E-state index contributed by atoms with van der Waals surface area (Å²) in [4.78, 5) is 30.8. The van der Waals surface area contributed by atoms with E-state index in [1.54, 1.807) is 0 Å². The molecule has 0 saturated heterocycles. The number of nitro benzene ring substituents is 1. The van der Waals surface area contributed by atoms with Gasteiger partial charge in [0.05, 0.1) is 17.1 Å². The molecule has 0 aliphatic rings. The van der Waals surface area contributed by atoms with Gasteiger partial charge in [-0.1, -0.05) is 6.07 Å². The van der Waals surface area contributed by atoms with Gasteiger partial charge in [-0.25, -0.2) is 9.59 Å². The van der Waals surface area contributed by atoms with Crippen molar-refractivity contribution in [2.45, 2.75) is 0 Å². The van der Waals surface area contributed by atoms with Gasteiger partial charge >= 0.3 is 11.9 Å². The topological polar surface area (TPSA) is 127 Å². The summed E-state index contributed by atoms with van der Waals surface area (Å²) in [6, 6.07) is 4.73. The average molecular weight is 253 g/mol. The van der Waals surface area contributed by atoms with Crippen LogP contribution in [-0.2, 0) is 9.59 Å². The van der Waals surface area contributed by atoms with Crippen molar-refractivity contribution in [3.05, 3.63) is 46.2 Å². The predicted octanol–water partition coefficient (Wildman–Crippen LogP) is 1.03. The zero-order valence-electron chi connectivity index (χ0n) is 8.77. The second-order valence-corrected chi connectivity index (χ2v) is 3.01. The monoisotopic (exact) mass is 253 g/mol. The van der Waals surface area contributed by atoms with Crippen molar-refractivity contribution in [1.29, 1.82) is 0 Å². The van der Waals surface area contributed by atoms with Crippen LogP contribution in [0.15, 0.2) is 36.1 Å². The molecule has 0 spiro atoms. The van der Waals surface area contributed by atoms with E-state index < -0.39 is 22.6 Å². The molecular weight excluding hydrogens is 246 g/mol. The summed E-state index contributed by atoms with van der Waals surface area (Å²) in [6.45, 7) is 0. The molecule has 8 nitrogen and oxygen atoms in total. The first kappa shape index (κ1) is 13.2. The summed E-state index contributed by atoms with van der Waals surface area (Å²) in [5.41, 5.74) is -0.299. The van der Waals surface area contributed by atoms with Crippen molar-refractivity contribution >= 4 is 17.6 Å². The Morgan fingerprint density at radius 3 is 2.50 bits per heavy atom. The highest BCUT2D eigenvalue weighted by Gasteiger charge is 2.14. The maximum atomic E-state index is 10.7. The number of benzene rings is 1. The minimum Gasteiger partial charge on any atom is -0.478 e. The Bertz CT molecular complexity index is 535. The van der Waals surface area contributed by atoms with Crippen LogP contribution in [0.5, 0.6) is 5.75 Å². The van der Waals surface area contributed by atoms with Crippen LogP contribution in [0.25, 0.3) is 0 Å². The summed E-state index contributed by atoms with van der Waals surface area (Å²) in [5.74, 6) is -4.08. The second kappa shape index (κ2) is 5.43. The predicted molar refractivity (Wildman–Crippen MR) is 57.1 cm³/mol. The normalized spacial score (nSPS) is 10.8. The number of carboxylic acid groups (broad SMARTS) is 2. The number of rotatable bonds is 5. The van der Waals surface area contributed by atoms with E-state index >= 15 is 0 Å². The molecule has 1 aromatic rings. The molecule has 0 aliphatic heterocycles. The molecule has 0 bridgehead atoms. The number of carbonyl (C=O) groups is 2. The van der Waals surface area contributed by atoms with Gasteiger partial charge in [0.2, 0.25) is 5.76 Å². The first-order chi connectivity index (χ1) is 8.40. The number of aliphatic carboxylic acids is 2. The first-order valence-electron chi connectivity index (χ1n) is 4.50. The SMILES string of the molecule is O=C(O)/C=C(/Oc1cccc([N+](=O)[O-])c1)C(=O)O. The molecule has 8 heteroatoms. The molecule has 0 radical (unpaired) electrons. The lowest BCUT2D eigenvalue weighted by molar-refractivity contribution is -0.384. The number of non-ortho nitro benzene ring substituents is 1. The summed E-state index contributed by atoms with van der Waals surface area (Å²) in [5, 5.41) is 27.6. The van der Waals surface area contributed by atoms with Crippen LogP contribution < -0.4 is 4.74 Å². The quantitative estimate of drug-likeness (QED) is 0.347. The fraction of sp³-hybridized carbons (Fsp3) is 0. The Hall–Kier alpha value is -2.90. The minimum absolute atomic E-state index is 0.140. The Morgan fingerprint density at radius 1 is 1.33 bits per heavy atom. The molecule has 0 aromatic heterocycles. The standard InChI is InChI=1S/C10H7NO7/c12-9(13)5-8(10(14)15)18-7-3-1-2-6(4-7)11(16)17/h1-5H,(H,12,13)(H,14,15)/b8-5+. The van der Waals surface area contributed by atoms with Gasteiger partial charge in [-0.05, 0) is 6.07 Å². The first-order valence-corrected chi connectivity index (χ1v) is 4.50. The number of hydrogen-bond donors (Lipinski definition) is 2. The van der Waals surface area contributed by atoms with Crippen molar-refractivity contribution in [1.82, 2.24) is 0 Å².